The normalized spacial score (nSPS) is 17.8. The third-order valence-corrected chi connectivity index (χ3v) is 6.10. The summed E-state index contributed by atoms with van der Waals surface area (Å²) in [5.41, 5.74) is 2.31. The molecule has 0 saturated carbocycles. The molecule has 4 heteroatoms. The van der Waals surface area contributed by atoms with Crippen LogP contribution in [0.2, 0.25) is 0 Å². The molecule has 4 rings (SSSR count). The summed E-state index contributed by atoms with van der Waals surface area (Å²) in [5.74, 6) is 0.654. The molecule has 1 aromatic heterocycles. The number of benzene rings is 2. The number of piperidine rings is 1. The van der Waals surface area contributed by atoms with Crippen LogP contribution in [-0.2, 0) is 11.2 Å². The molecule has 2 aromatic carbocycles. The molecule has 0 aliphatic carbocycles. The highest BCUT2D eigenvalue weighted by molar-refractivity contribution is 7.18. The van der Waals surface area contributed by atoms with Gasteiger partial charge in [-0.1, -0.05) is 42.5 Å². The maximum Gasteiger partial charge on any atom is 0.222 e. The van der Waals surface area contributed by atoms with Crippen molar-refractivity contribution in [2.45, 2.75) is 31.6 Å². The van der Waals surface area contributed by atoms with Gasteiger partial charge >= 0.3 is 0 Å². The van der Waals surface area contributed by atoms with Crippen LogP contribution in [0.4, 0.5) is 0 Å². The predicted molar refractivity (Wildman–Crippen MR) is 103 cm³/mol. The van der Waals surface area contributed by atoms with Crippen LogP contribution in [0.15, 0.2) is 54.6 Å². The molecule has 0 N–H and O–H groups in total. The lowest BCUT2D eigenvalue weighted by Gasteiger charge is -2.32. The number of carbonyl (C=O) groups is 1. The summed E-state index contributed by atoms with van der Waals surface area (Å²) in [4.78, 5) is 19.5. The summed E-state index contributed by atoms with van der Waals surface area (Å²) in [6, 6.07) is 18.5. The summed E-state index contributed by atoms with van der Waals surface area (Å²) in [5, 5.41) is 1.18. The number of amides is 1. The number of likely N-dealkylation sites (tertiary alicyclic amines) is 1. The van der Waals surface area contributed by atoms with E-state index in [4.69, 9.17) is 4.98 Å². The molecule has 25 heavy (non-hydrogen) atoms. The first-order valence-corrected chi connectivity index (χ1v) is 9.78. The van der Waals surface area contributed by atoms with E-state index < -0.39 is 0 Å². The lowest BCUT2D eigenvalue weighted by atomic mass is 9.98. The van der Waals surface area contributed by atoms with Crippen molar-refractivity contribution in [3.63, 3.8) is 0 Å². The molecule has 3 aromatic rings. The van der Waals surface area contributed by atoms with E-state index >= 15 is 0 Å². The summed E-state index contributed by atoms with van der Waals surface area (Å²) in [6.45, 7) is 1.70. The number of thiazole rings is 1. The molecule has 3 nitrogen and oxygen atoms in total. The fourth-order valence-corrected chi connectivity index (χ4v) is 4.62. The minimum absolute atomic E-state index is 0.273. The van der Waals surface area contributed by atoms with Gasteiger partial charge in [-0.2, -0.15) is 0 Å². The quantitative estimate of drug-likeness (QED) is 0.687. The van der Waals surface area contributed by atoms with Crippen molar-refractivity contribution in [1.29, 1.82) is 0 Å². The minimum Gasteiger partial charge on any atom is -0.342 e. The molecular formula is C21H22N2OS. The number of aromatic nitrogens is 1. The maximum absolute atomic E-state index is 12.6. The van der Waals surface area contributed by atoms with Crippen LogP contribution in [0, 0.1) is 0 Å². The van der Waals surface area contributed by atoms with Crippen molar-refractivity contribution in [3.8, 4) is 0 Å². The van der Waals surface area contributed by atoms with Crippen LogP contribution in [0.25, 0.3) is 10.2 Å². The molecule has 0 unspecified atom stereocenters. The lowest BCUT2D eigenvalue weighted by molar-refractivity contribution is -0.132. The molecule has 1 amide bonds. The second kappa shape index (κ2) is 7.36. The Bertz CT molecular complexity index is 825. The Kier molecular flexibility index (Phi) is 4.79. The van der Waals surface area contributed by atoms with Gasteiger partial charge in [0.1, 0.15) is 0 Å². The van der Waals surface area contributed by atoms with Crippen LogP contribution in [0.1, 0.15) is 35.8 Å². The summed E-state index contributed by atoms with van der Waals surface area (Å²) >= 11 is 1.78. The van der Waals surface area contributed by atoms with Gasteiger partial charge in [-0.05, 0) is 37.0 Å². The van der Waals surface area contributed by atoms with E-state index in [-0.39, 0.29) is 5.91 Å². The molecule has 128 valence electrons. The first-order chi connectivity index (χ1) is 12.3. The van der Waals surface area contributed by atoms with Gasteiger partial charge in [-0.15, -0.1) is 11.3 Å². The number of fused-ring (bicyclic) bond motifs is 1. The van der Waals surface area contributed by atoms with E-state index in [1.807, 2.05) is 29.2 Å². The Labute approximate surface area is 152 Å². The lowest BCUT2D eigenvalue weighted by Crippen LogP contribution is -2.39. The average molecular weight is 350 g/mol. The van der Waals surface area contributed by atoms with Crippen LogP contribution in [-0.4, -0.2) is 28.9 Å². The summed E-state index contributed by atoms with van der Waals surface area (Å²) in [6.07, 6.45) is 3.61. The SMILES string of the molecule is O=C(CCc1ccccc1)N1CCC[C@H](c2nc3ccccc3s2)C1. The zero-order valence-electron chi connectivity index (χ0n) is 14.2. The smallest absolute Gasteiger partial charge is 0.222 e. The fraction of sp³-hybridized carbons (Fsp3) is 0.333. The van der Waals surface area contributed by atoms with Crippen molar-refractivity contribution in [2.24, 2.45) is 0 Å². The molecule has 1 aliphatic heterocycles. The number of carbonyl (C=O) groups excluding carboxylic acids is 1. The van der Waals surface area contributed by atoms with Gasteiger partial charge in [0.15, 0.2) is 0 Å². The van der Waals surface area contributed by atoms with Gasteiger partial charge in [0.25, 0.3) is 0 Å². The Morgan fingerprint density at radius 2 is 1.92 bits per heavy atom. The van der Waals surface area contributed by atoms with Gasteiger partial charge in [0.05, 0.1) is 15.2 Å². The Balaban J connectivity index is 1.41. The van der Waals surface area contributed by atoms with Crippen molar-refractivity contribution in [1.82, 2.24) is 9.88 Å². The van der Waals surface area contributed by atoms with Crippen LogP contribution >= 0.6 is 11.3 Å². The second-order valence-corrected chi connectivity index (χ2v) is 7.75. The molecule has 0 bridgehead atoms. The Morgan fingerprint density at radius 3 is 2.76 bits per heavy atom. The van der Waals surface area contributed by atoms with Gasteiger partial charge < -0.3 is 4.90 Å². The molecule has 0 radical (unpaired) electrons. The standard InChI is InChI=1S/C21H22N2OS/c24-20(13-12-16-7-2-1-3-8-16)23-14-6-9-17(15-23)21-22-18-10-4-5-11-19(18)25-21/h1-5,7-8,10-11,17H,6,9,12-15H2/t17-/m0/s1. The zero-order valence-corrected chi connectivity index (χ0v) is 15.0. The largest absolute Gasteiger partial charge is 0.342 e. The molecule has 1 aliphatic rings. The monoisotopic (exact) mass is 350 g/mol. The van der Waals surface area contributed by atoms with Gasteiger partial charge in [-0.25, -0.2) is 4.98 Å². The highest BCUT2D eigenvalue weighted by Crippen LogP contribution is 2.33. The first kappa shape index (κ1) is 16.3. The van der Waals surface area contributed by atoms with Crippen molar-refractivity contribution >= 4 is 27.5 Å². The van der Waals surface area contributed by atoms with Crippen molar-refractivity contribution in [3.05, 3.63) is 65.2 Å². The van der Waals surface area contributed by atoms with E-state index in [1.54, 1.807) is 11.3 Å². The maximum atomic E-state index is 12.6. The number of para-hydroxylation sites is 1. The van der Waals surface area contributed by atoms with Crippen LogP contribution in [0.5, 0.6) is 0 Å². The van der Waals surface area contributed by atoms with Gasteiger partial charge in [-0.3, -0.25) is 4.79 Å². The van der Waals surface area contributed by atoms with Crippen molar-refractivity contribution in [2.75, 3.05) is 13.1 Å². The van der Waals surface area contributed by atoms with E-state index in [9.17, 15) is 4.79 Å². The first-order valence-electron chi connectivity index (χ1n) is 8.97. The summed E-state index contributed by atoms with van der Waals surface area (Å²) < 4.78 is 1.24. The fourth-order valence-electron chi connectivity index (χ4n) is 3.52. The molecule has 2 heterocycles. The average Bonchev–Trinajstić information content (AvgIpc) is 3.11. The summed E-state index contributed by atoms with van der Waals surface area (Å²) in [7, 11) is 0. The second-order valence-electron chi connectivity index (χ2n) is 6.68. The van der Waals surface area contributed by atoms with E-state index in [1.165, 1.54) is 15.3 Å². The van der Waals surface area contributed by atoms with Gasteiger partial charge in [0, 0.05) is 25.4 Å². The zero-order chi connectivity index (χ0) is 17.1. The molecular weight excluding hydrogens is 328 g/mol. The number of hydrogen-bond acceptors (Lipinski definition) is 3. The topological polar surface area (TPSA) is 33.2 Å². The third kappa shape index (κ3) is 3.74. The molecule has 0 spiro atoms. The Morgan fingerprint density at radius 1 is 1.12 bits per heavy atom. The highest BCUT2D eigenvalue weighted by Gasteiger charge is 2.26. The Hall–Kier alpha value is -2.20. The molecule has 1 atom stereocenters. The number of aryl methyl sites for hydroxylation is 1. The number of nitrogens with zero attached hydrogens (tertiary/aromatic N) is 2. The molecule has 1 fully saturated rings. The number of rotatable bonds is 4. The van der Waals surface area contributed by atoms with E-state index in [0.717, 1.165) is 37.9 Å². The highest BCUT2D eigenvalue weighted by atomic mass is 32.1. The van der Waals surface area contributed by atoms with Crippen LogP contribution in [0.3, 0.4) is 0 Å². The van der Waals surface area contributed by atoms with E-state index in [0.29, 0.717) is 12.3 Å². The molecule has 1 saturated heterocycles. The predicted octanol–water partition coefficient (Wildman–Crippen LogP) is 4.64. The van der Waals surface area contributed by atoms with Crippen molar-refractivity contribution < 1.29 is 4.79 Å². The van der Waals surface area contributed by atoms with Crippen LogP contribution < -0.4 is 0 Å². The number of hydrogen-bond donors (Lipinski definition) is 0. The third-order valence-electron chi connectivity index (χ3n) is 4.90. The minimum atomic E-state index is 0.273. The van der Waals surface area contributed by atoms with E-state index in [2.05, 4.69) is 30.3 Å². The van der Waals surface area contributed by atoms with Gasteiger partial charge in [0.2, 0.25) is 5.91 Å².